The van der Waals surface area contributed by atoms with Crippen LogP contribution < -0.4 is 0 Å². The Bertz CT molecular complexity index is 437. The molecule has 1 saturated heterocycles. The molecule has 0 amide bonds. The predicted octanol–water partition coefficient (Wildman–Crippen LogP) is 0.207. The molecular weight excluding hydrogens is 268 g/mol. The van der Waals surface area contributed by atoms with Crippen LogP contribution in [0.4, 0.5) is 0 Å². The molecule has 0 bridgehead atoms. The molecule has 0 spiro atoms. The van der Waals surface area contributed by atoms with E-state index in [0.717, 1.165) is 13.0 Å². The van der Waals surface area contributed by atoms with Crippen LogP contribution >= 0.6 is 0 Å². The SMILES string of the molecule is CN1CCCN(S(=O)(=O)C2CCCC2C(=O)O)CC1. The fourth-order valence-electron chi connectivity index (χ4n) is 3.03. The van der Waals surface area contributed by atoms with Crippen LogP contribution in [-0.4, -0.2) is 67.2 Å². The Kier molecular flexibility index (Phi) is 4.47. The molecule has 2 unspecified atom stereocenters. The summed E-state index contributed by atoms with van der Waals surface area (Å²) < 4.78 is 26.7. The lowest BCUT2D eigenvalue weighted by atomic mass is 10.1. The van der Waals surface area contributed by atoms with Crippen molar-refractivity contribution in [2.24, 2.45) is 5.92 Å². The van der Waals surface area contributed by atoms with Crippen LogP contribution in [0.15, 0.2) is 0 Å². The summed E-state index contributed by atoms with van der Waals surface area (Å²) in [6.45, 7) is 2.58. The Labute approximate surface area is 114 Å². The third-order valence-electron chi connectivity index (χ3n) is 4.19. The summed E-state index contributed by atoms with van der Waals surface area (Å²) >= 11 is 0. The van der Waals surface area contributed by atoms with Gasteiger partial charge >= 0.3 is 5.97 Å². The number of aliphatic carboxylic acids is 1. The summed E-state index contributed by atoms with van der Waals surface area (Å²) in [6, 6.07) is 0. The zero-order valence-electron chi connectivity index (χ0n) is 11.3. The maximum absolute atomic E-state index is 12.6. The van der Waals surface area contributed by atoms with E-state index in [0.29, 0.717) is 38.9 Å². The summed E-state index contributed by atoms with van der Waals surface area (Å²) in [5.41, 5.74) is 0. The van der Waals surface area contributed by atoms with Gasteiger partial charge in [0.05, 0.1) is 11.2 Å². The summed E-state index contributed by atoms with van der Waals surface area (Å²) in [4.78, 5) is 13.3. The molecule has 2 fully saturated rings. The van der Waals surface area contributed by atoms with Gasteiger partial charge < -0.3 is 10.0 Å². The Morgan fingerprint density at radius 2 is 1.84 bits per heavy atom. The molecule has 110 valence electrons. The smallest absolute Gasteiger partial charge is 0.307 e. The van der Waals surface area contributed by atoms with E-state index in [4.69, 9.17) is 5.11 Å². The Hall–Kier alpha value is -0.660. The molecule has 2 atom stereocenters. The highest BCUT2D eigenvalue weighted by molar-refractivity contribution is 7.89. The minimum absolute atomic E-state index is 0.474. The van der Waals surface area contributed by atoms with Crippen molar-refractivity contribution in [1.29, 1.82) is 0 Å². The predicted molar refractivity (Wildman–Crippen MR) is 71.4 cm³/mol. The number of carboxylic acids is 1. The number of carbonyl (C=O) groups is 1. The van der Waals surface area contributed by atoms with Crippen molar-refractivity contribution in [3.8, 4) is 0 Å². The first kappa shape index (κ1) is 14.7. The van der Waals surface area contributed by atoms with E-state index in [2.05, 4.69) is 4.90 Å². The Morgan fingerprint density at radius 3 is 2.53 bits per heavy atom. The summed E-state index contributed by atoms with van der Waals surface area (Å²) in [6.07, 6.45) is 2.45. The van der Waals surface area contributed by atoms with Gasteiger partial charge in [0.15, 0.2) is 0 Å². The topological polar surface area (TPSA) is 77.9 Å². The number of nitrogens with zero attached hydrogens (tertiary/aromatic N) is 2. The van der Waals surface area contributed by atoms with Gasteiger partial charge in [0, 0.05) is 19.6 Å². The van der Waals surface area contributed by atoms with E-state index in [1.54, 1.807) is 0 Å². The molecule has 0 aromatic heterocycles. The van der Waals surface area contributed by atoms with Crippen molar-refractivity contribution in [2.45, 2.75) is 30.9 Å². The molecule has 1 N–H and O–H groups in total. The molecule has 1 saturated carbocycles. The van der Waals surface area contributed by atoms with E-state index in [1.165, 1.54) is 4.31 Å². The molecule has 1 aliphatic carbocycles. The molecule has 1 heterocycles. The second-order valence-corrected chi connectivity index (χ2v) is 7.67. The number of hydrogen-bond acceptors (Lipinski definition) is 4. The average molecular weight is 290 g/mol. The van der Waals surface area contributed by atoms with Gasteiger partial charge in [-0.25, -0.2) is 12.7 Å². The standard InChI is InChI=1S/C12H22N2O4S/c1-13-6-3-7-14(9-8-13)19(17,18)11-5-2-4-10(11)12(15)16/h10-11H,2-9H2,1H3,(H,15,16). The van der Waals surface area contributed by atoms with E-state index in [1.807, 2.05) is 7.05 Å². The van der Waals surface area contributed by atoms with E-state index in [9.17, 15) is 13.2 Å². The maximum Gasteiger partial charge on any atom is 0.307 e. The number of hydrogen-bond donors (Lipinski definition) is 1. The average Bonchev–Trinajstić information content (AvgIpc) is 2.73. The minimum atomic E-state index is -3.48. The molecule has 0 radical (unpaired) electrons. The third kappa shape index (κ3) is 3.09. The van der Waals surface area contributed by atoms with Crippen LogP contribution in [0.25, 0.3) is 0 Å². The first-order valence-corrected chi connectivity index (χ1v) is 8.33. The van der Waals surface area contributed by atoms with Gasteiger partial charge in [0.2, 0.25) is 10.0 Å². The van der Waals surface area contributed by atoms with Crippen molar-refractivity contribution in [3.63, 3.8) is 0 Å². The van der Waals surface area contributed by atoms with Gasteiger partial charge in [-0.2, -0.15) is 0 Å². The van der Waals surface area contributed by atoms with Crippen molar-refractivity contribution >= 4 is 16.0 Å². The number of likely N-dealkylation sites (N-methyl/N-ethyl adjacent to an activating group) is 1. The molecule has 0 aromatic rings. The summed E-state index contributed by atoms with van der Waals surface area (Å²) in [5.74, 6) is -1.70. The van der Waals surface area contributed by atoms with Crippen LogP contribution in [-0.2, 0) is 14.8 Å². The maximum atomic E-state index is 12.6. The van der Waals surface area contributed by atoms with Crippen LogP contribution in [0.1, 0.15) is 25.7 Å². The van der Waals surface area contributed by atoms with E-state index >= 15 is 0 Å². The van der Waals surface area contributed by atoms with E-state index in [-0.39, 0.29) is 0 Å². The first-order valence-electron chi connectivity index (χ1n) is 6.83. The Balaban J connectivity index is 2.14. The van der Waals surface area contributed by atoms with Crippen molar-refractivity contribution in [1.82, 2.24) is 9.21 Å². The lowest BCUT2D eigenvalue weighted by Gasteiger charge is -2.26. The highest BCUT2D eigenvalue weighted by Crippen LogP contribution is 2.33. The monoisotopic (exact) mass is 290 g/mol. The highest BCUT2D eigenvalue weighted by Gasteiger charge is 2.44. The number of carboxylic acid groups (broad SMARTS) is 1. The lowest BCUT2D eigenvalue weighted by molar-refractivity contribution is -0.141. The number of sulfonamides is 1. The molecular formula is C12H22N2O4S. The van der Waals surface area contributed by atoms with Gasteiger partial charge in [-0.15, -0.1) is 0 Å². The molecule has 19 heavy (non-hydrogen) atoms. The second-order valence-electron chi connectivity index (χ2n) is 5.51. The Morgan fingerprint density at radius 1 is 1.11 bits per heavy atom. The number of rotatable bonds is 3. The normalized spacial score (nSPS) is 31.2. The molecule has 0 aromatic carbocycles. The van der Waals surface area contributed by atoms with Crippen LogP contribution in [0.2, 0.25) is 0 Å². The highest BCUT2D eigenvalue weighted by atomic mass is 32.2. The van der Waals surface area contributed by atoms with Gasteiger partial charge in [0.25, 0.3) is 0 Å². The van der Waals surface area contributed by atoms with Gasteiger partial charge in [0.1, 0.15) is 0 Å². The quantitative estimate of drug-likeness (QED) is 0.804. The van der Waals surface area contributed by atoms with Gasteiger partial charge in [-0.3, -0.25) is 4.79 Å². The van der Waals surface area contributed by atoms with Crippen molar-refractivity contribution in [2.75, 3.05) is 33.2 Å². The lowest BCUT2D eigenvalue weighted by Crippen LogP contribution is -2.43. The molecule has 6 nitrogen and oxygen atoms in total. The summed E-state index contributed by atoms with van der Waals surface area (Å²) in [7, 11) is -1.50. The van der Waals surface area contributed by atoms with Crippen molar-refractivity contribution < 1.29 is 18.3 Å². The minimum Gasteiger partial charge on any atom is -0.481 e. The fourth-order valence-corrected chi connectivity index (χ4v) is 5.27. The second kappa shape index (κ2) is 5.76. The van der Waals surface area contributed by atoms with Crippen LogP contribution in [0.3, 0.4) is 0 Å². The van der Waals surface area contributed by atoms with Crippen LogP contribution in [0, 0.1) is 5.92 Å². The molecule has 1 aliphatic heterocycles. The zero-order valence-corrected chi connectivity index (χ0v) is 12.1. The zero-order chi connectivity index (χ0) is 14.0. The molecule has 7 heteroatoms. The third-order valence-corrected chi connectivity index (χ3v) is 6.61. The van der Waals surface area contributed by atoms with Crippen molar-refractivity contribution in [3.05, 3.63) is 0 Å². The molecule has 2 aliphatic rings. The first-order chi connectivity index (χ1) is 8.93. The van der Waals surface area contributed by atoms with Crippen LogP contribution in [0.5, 0.6) is 0 Å². The van der Waals surface area contributed by atoms with Gasteiger partial charge in [-0.05, 0) is 32.9 Å². The van der Waals surface area contributed by atoms with Gasteiger partial charge in [-0.1, -0.05) is 6.42 Å². The van der Waals surface area contributed by atoms with E-state index < -0.39 is 27.2 Å². The largest absolute Gasteiger partial charge is 0.481 e. The fraction of sp³-hybridized carbons (Fsp3) is 0.917. The molecule has 2 rings (SSSR count). The summed E-state index contributed by atoms with van der Waals surface area (Å²) in [5, 5.41) is 8.42.